The number of nitrogens with one attached hydrogen (secondary N) is 1. The third kappa shape index (κ3) is 2.85. The van der Waals surface area contributed by atoms with E-state index in [-0.39, 0.29) is 16.3 Å². The quantitative estimate of drug-likeness (QED) is 0.880. The van der Waals surface area contributed by atoms with Crippen LogP contribution < -0.4 is 5.32 Å². The molecule has 0 heterocycles. The van der Waals surface area contributed by atoms with Crippen LogP contribution in [0.3, 0.4) is 0 Å². The van der Waals surface area contributed by atoms with Gasteiger partial charge in [0.1, 0.15) is 11.6 Å². The summed E-state index contributed by atoms with van der Waals surface area (Å²) in [7, 11) is 0. The largest absolute Gasteiger partial charge is 0.508 e. The first-order valence-corrected chi connectivity index (χ1v) is 5.92. The number of amides is 1. The second-order valence-corrected chi connectivity index (χ2v) is 4.44. The van der Waals surface area contributed by atoms with Crippen LogP contribution in [0.2, 0.25) is 5.02 Å². The summed E-state index contributed by atoms with van der Waals surface area (Å²) >= 11 is 5.81. The number of phenolic OH excluding ortho intramolecular Hbond substituents is 1. The van der Waals surface area contributed by atoms with E-state index in [1.165, 1.54) is 12.1 Å². The number of rotatable bonds is 2. The highest BCUT2D eigenvalue weighted by molar-refractivity contribution is 6.34. The summed E-state index contributed by atoms with van der Waals surface area (Å²) in [5.74, 6) is -0.878. The van der Waals surface area contributed by atoms with E-state index in [9.17, 15) is 14.3 Å². The molecule has 0 unspecified atom stereocenters. The molecule has 3 nitrogen and oxygen atoms in total. The van der Waals surface area contributed by atoms with Crippen molar-refractivity contribution < 1.29 is 14.3 Å². The van der Waals surface area contributed by atoms with Gasteiger partial charge < -0.3 is 10.4 Å². The Balaban J connectivity index is 2.28. The fourth-order valence-electron chi connectivity index (χ4n) is 1.62. The van der Waals surface area contributed by atoms with Gasteiger partial charge in [-0.25, -0.2) is 4.39 Å². The maximum atomic E-state index is 12.9. The summed E-state index contributed by atoms with van der Waals surface area (Å²) in [6, 6.07) is 8.34. The molecule has 0 saturated heterocycles. The minimum absolute atomic E-state index is 0.0373. The summed E-state index contributed by atoms with van der Waals surface area (Å²) in [5, 5.41) is 12.2. The molecule has 98 valence electrons. The number of benzene rings is 2. The van der Waals surface area contributed by atoms with Crippen molar-refractivity contribution in [3.8, 4) is 5.75 Å². The molecule has 2 rings (SSSR count). The second-order valence-electron chi connectivity index (χ2n) is 4.03. The first-order chi connectivity index (χ1) is 8.99. The molecule has 5 heteroatoms. The number of halogens is 2. The Morgan fingerprint density at radius 3 is 2.74 bits per heavy atom. The van der Waals surface area contributed by atoms with Crippen molar-refractivity contribution >= 4 is 23.2 Å². The van der Waals surface area contributed by atoms with Crippen molar-refractivity contribution in [1.82, 2.24) is 0 Å². The molecule has 0 aliphatic rings. The van der Waals surface area contributed by atoms with E-state index in [1.54, 1.807) is 19.1 Å². The topological polar surface area (TPSA) is 49.3 Å². The van der Waals surface area contributed by atoms with Crippen molar-refractivity contribution in [3.05, 3.63) is 58.4 Å². The van der Waals surface area contributed by atoms with Gasteiger partial charge in [-0.2, -0.15) is 0 Å². The normalized spacial score (nSPS) is 10.3. The van der Waals surface area contributed by atoms with E-state index in [2.05, 4.69) is 5.32 Å². The Labute approximate surface area is 114 Å². The molecule has 0 spiro atoms. The molecule has 0 bridgehead atoms. The van der Waals surface area contributed by atoms with Crippen molar-refractivity contribution in [2.75, 3.05) is 5.32 Å². The lowest BCUT2D eigenvalue weighted by molar-refractivity contribution is 0.102. The molecule has 2 aromatic carbocycles. The average molecular weight is 280 g/mol. The molecule has 0 atom stereocenters. The van der Waals surface area contributed by atoms with E-state index in [1.807, 2.05) is 0 Å². The van der Waals surface area contributed by atoms with Gasteiger partial charge in [0.15, 0.2) is 0 Å². The van der Waals surface area contributed by atoms with Crippen LogP contribution in [-0.4, -0.2) is 11.0 Å². The molecule has 1 amide bonds. The van der Waals surface area contributed by atoms with Gasteiger partial charge in [0.05, 0.1) is 10.6 Å². The molecule has 0 aliphatic heterocycles. The molecule has 0 saturated carbocycles. The van der Waals surface area contributed by atoms with E-state index >= 15 is 0 Å². The zero-order valence-electron chi connectivity index (χ0n) is 10.1. The number of aromatic hydroxyl groups is 1. The monoisotopic (exact) mass is 279 g/mol. The van der Waals surface area contributed by atoms with Crippen LogP contribution in [0, 0.1) is 12.7 Å². The molecule has 0 radical (unpaired) electrons. The van der Waals surface area contributed by atoms with Gasteiger partial charge in [-0.1, -0.05) is 17.7 Å². The predicted octanol–water partition coefficient (Wildman–Crippen LogP) is 3.75. The predicted molar refractivity (Wildman–Crippen MR) is 72.2 cm³/mol. The number of hydrogen-bond acceptors (Lipinski definition) is 2. The minimum Gasteiger partial charge on any atom is -0.508 e. The molecule has 19 heavy (non-hydrogen) atoms. The Kier molecular flexibility index (Phi) is 3.71. The molecular formula is C14H11ClFNO2. The molecule has 0 aromatic heterocycles. The lowest BCUT2D eigenvalue weighted by atomic mass is 10.1. The SMILES string of the molecule is Cc1c(O)cccc1NC(=O)c1ccc(F)cc1Cl. The highest BCUT2D eigenvalue weighted by Gasteiger charge is 2.13. The summed E-state index contributed by atoms with van der Waals surface area (Å²) in [6.45, 7) is 1.68. The standard InChI is InChI=1S/C14H11ClFNO2/c1-8-12(3-2-4-13(8)18)17-14(19)10-6-5-9(16)7-11(10)15/h2-7,18H,1H3,(H,17,19). The van der Waals surface area contributed by atoms with Gasteiger partial charge >= 0.3 is 0 Å². The molecule has 0 aliphatic carbocycles. The van der Waals surface area contributed by atoms with Crippen molar-refractivity contribution in [2.45, 2.75) is 6.92 Å². The first kappa shape index (κ1) is 13.4. The number of carbonyl (C=O) groups is 1. The van der Waals surface area contributed by atoms with Crippen LogP contribution in [0.1, 0.15) is 15.9 Å². The second kappa shape index (κ2) is 5.28. The third-order valence-corrected chi connectivity index (χ3v) is 3.04. The number of hydrogen-bond donors (Lipinski definition) is 2. The van der Waals surface area contributed by atoms with Gasteiger partial charge in [0.25, 0.3) is 5.91 Å². The van der Waals surface area contributed by atoms with Crippen LogP contribution in [0.5, 0.6) is 5.75 Å². The Morgan fingerprint density at radius 2 is 2.05 bits per heavy atom. The Bertz CT molecular complexity index is 643. The number of anilines is 1. The highest BCUT2D eigenvalue weighted by atomic mass is 35.5. The summed E-state index contributed by atoms with van der Waals surface area (Å²) in [6.07, 6.45) is 0. The highest BCUT2D eigenvalue weighted by Crippen LogP contribution is 2.25. The molecule has 2 N–H and O–H groups in total. The lowest BCUT2D eigenvalue weighted by Gasteiger charge is -2.10. The number of carbonyl (C=O) groups excluding carboxylic acids is 1. The summed E-state index contributed by atoms with van der Waals surface area (Å²) < 4.78 is 12.9. The Morgan fingerprint density at radius 1 is 1.32 bits per heavy atom. The number of phenols is 1. The van der Waals surface area contributed by atoms with Crippen LogP contribution >= 0.6 is 11.6 Å². The fraction of sp³-hybridized carbons (Fsp3) is 0.0714. The summed E-state index contributed by atoms with van der Waals surface area (Å²) in [5.41, 5.74) is 1.20. The zero-order chi connectivity index (χ0) is 14.0. The minimum atomic E-state index is -0.505. The lowest BCUT2D eigenvalue weighted by Crippen LogP contribution is -2.13. The zero-order valence-corrected chi connectivity index (χ0v) is 10.8. The third-order valence-electron chi connectivity index (χ3n) is 2.73. The Hall–Kier alpha value is -2.07. The summed E-state index contributed by atoms with van der Waals surface area (Å²) in [4.78, 5) is 12.0. The first-order valence-electron chi connectivity index (χ1n) is 5.54. The van der Waals surface area contributed by atoms with Crippen molar-refractivity contribution in [2.24, 2.45) is 0 Å². The van der Waals surface area contributed by atoms with Crippen molar-refractivity contribution in [3.63, 3.8) is 0 Å². The fourth-order valence-corrected chi connectivity index (χ4v) is 1.88. The van der Waals surface area contributed by atoms with Gasteiger partial charge in [-0.3, -0.25) is 4.79 Å². The van der Waals surface area contributed by atoms with Gasteiger partial charge in [0, 0.05) is 11.3 Å². The van der Waals surface area contributed by atoms with E-state index < -0.39 is 11.7 Å². The van der Waals surface area contributed by atoms with Crippen LogP contribution in [0.15, 0.2) is 36.4 Å². The van der Waals surface area contributed by atoms with Gasteiger partial charge in [0.2, 0.25) is 0 Å². The smallest absolute Gasteiger partial charge is 0.257 e. The van der Waals surface area contributed by atoms with E-state index in [0.29, 0.717) is 11.3 Å². The molecule has 2 aromatic rings. The van der Waals surface area contributed by atoms with Gasteiger partial charge in [-0.05, 0) is 37.3 Å². The van der Waals surface area contributed by atoms with Crippen molar-refractivity contribution in [1.29, 1.82) is 0 Å². The van der Waals surface area contributed by atoms with E-state index in [4.69, 9.17) is 11.6 Å². The van der Waals surface area contributed by atoms with Crippen LogP contribution in [0.25, 0.3) is 0 Å². The van der Waals surface area contributed by atoms with E-state index in [0.717, 1.165) is 12.1 Å². The van der Waals surface area contributed by atoms with Gasteiger partial charge in [-0.15, -0.1) is 0 Å². The van der Waals surface area contributed by atoms with Crippen LogP contribution in [-0.2, 0) is 0 Å². The average Bonchev–Trinajstić information content (AvgIpc) is 2.34. The maximum absolute atomic E-state index is 12.9. The maximum Gasteiger partial charge on any atom is 0.257 e. The molecular weight excluding hydrogens is 269 g/mol. The molecule has 0 fully saturated rings. The van der Waals surface area contributed by atoms with Crippen LogP contribution in [0.4, 0.5) is 10.1 Å².